The van der Waals surface area contributed by atoms with E-state index in [1.54, 1.807) is 0 Å². The van der Waals surface area contributed by atoms with Gasteiger partial charge >= 0.3 is 0 Å². The summed E-state index contributed by atoms with van der Waals surface area (Å²) in [5.74, 6) is 0.628. The molecule has 2 fully saturated rings. The number of halogens is 3. The number of aromatic nitrogens is 2. The van der Waals surface area contributed by atoms with Crippen molar-refractivity contribution in [3.63, 3.8) is 0 Å². The van der Waals surface area contributed by atoms with Crippen LogP contribution in [0.3, 0.4) is 0 Å². The molecule has 2 aromatic heterocycles. The summed E-state index contributed by atoms with van der Waals surface area (Å²) in [6, 6.07) is 7.81. The third-order valence-electron chi connectivity index (χ3n) is 6.37. The lowest BCUT2D eigenvalue weighted by atomic mass is 9.94. The van der Waals surface area contributed by atoms with Gasteiger partial charge in [0.15, 0.2) is 5.82 Å². The van der Waals surface area contributed by atoms with Crippen LogP contribution in [0, 0.1) is 11.7 Å². The predicted octanol–water partition coefficient (Wildman–Crippen LogP) is 5.38. The second kappa shape index (κ2) is 11.6. The first-order valence-electron chi connectivity index (χ1n) is 11.4. The van der Waals surface area contributed by atoms with E-state index in [-0.39, 0.29) is 36.4 Å². The maximum atomic E-state index is 14.6. The lowest BCUT2D eigenvalue weighted by Gasteiger charge is -2.28. The van der Waals surface area contributed by atoms with Gasteiger partial charge in [-0.3, -0.25) is 4.79 Å². The molecule has 0 unspecified atom stereocenters. The number of carbonyl (C=O) groups is 1. The number of piperidine rings is 1. The molecule has 1 saturated heterocycles. The van der Waals surface area contributed by atoms with Gasteiger partial charge in [0.1, 0.15) is 5.69 Å². The molecular weight excluding hydrogens is 496 g/mol. The second-order valence-corrected chi connectivity index (χ2v) is 10.0. The van der Waals surface area contributed by atoms with Gasteiger partial charge in [0, 0.05) is 28.2 Å². The molecule has 1 aliphatic carbocycles. The number of hydrogen-bond acceptors (Lipinski definition) is 6. The standard InChI is InChI=1S/C24H28FN5OS.2ClH/c1-30-11-8-15(9-12-30)7-10-26-24-27-14-19(25)22(29-24)21-13-18-17(3-2-4-20(18)32-21)23(31)28-16-5-6-16;;/h2-4,13-16H,5-12H2,1H3,(H,28,31)(H,26,27,29);2*1H. The number of nitrogens with one attached hydrogen (secondary N) is 2. The van der Waals surface area contributed by atoms with Gasteiger partial charge in [-0.1, -0.05) is 6.07 Å². The van der Waals surface area contributed by atoms with E-state index in [0.717, 1.165) is 49.0 Å². The van der Waals surface area contributed by atoms with Gasteiger partial charge in [-0.2, -0.15) is 0 Å². The van der Waals surface area contributed by atoms with E-state index in [0.29, 0.717) is 28.3 Å². The molecule has 3 aromatic rings. The average Bonchev–Trinajstić information content (AvgIpc) is 3.50. The van der Waals surface area contributed by atoms with Crippen molar-refractivity contribution in [1.29, 1.82) is 0 Å². The first-order valence-corrected chi connectivity index (χ1v) is 12.2. The zero-order chi connectivity index (χ0) is 22.1. The number of hydrogen-bond donors (Lipinski definition) is 2. The number of anilines is 1. The van der Waals surface area contributed by atoms with Crippen molar-refractivity contribution < 1.29 is 9.18 Å². The summed E-state index contributed by atoms with van der Waals surface area (Å²) < 4.78 is 15.6. The first-order chi connectivity index (χ1) is 15.6. The Bertz CT molecular complexity index is 1130. The minimum absolute atomic E-state index is 0. The lowest BCUT2D eigenvalue weighted by Crippen LogP contribution is -2.30. The number of fused-ring (bicyclic) bond motifs is 1. The molecule has 184 valence electrons. The number of benzene rings is 1. The minimum Gasteiger partial charge on any atom is -0.354 e. The van der Waals surface area contributed by atoms with Crippen LogP contribution in [0.4, 0.5) is 10.3 Å². The van der Waals surface area contributed by atoms with Crippen LogP contribution in [0.1, 0.15) is 42.5 Å². The maximum Gasteiger partial charge on any atom is 0.252 e. The van der Waals surface area contributed by atoms with Crippen LogP contribution in [-0.2, 0) is 0 Å². The zero-order valence-electron chi connectivity index (χ0n) is 19.1. The molecule has 2 aliphatic rings. The number of nitrogens with zero attached hydrogens (tertiary/aromatic N) is 3. The Morgan fingerprint density at radius 2 is 1.97 bits per heavy atom. The van der Waals surface area contributed by atoms with Gasteiger partial charge in [-0.05, 0) is 76.4 Å². The number of rotatable bonds is 7. The highest BCUT2D eigenvalue weighted by molar-refractivity contribution is 7.22. The van der Waals surface area contributed by atoms with Crippen LogP contribution in [-0.4, -0.2) is 53.5 Å². The number of amides is 1. The summed E-state index contributed by atoms with van der Waals surface area (Å²) in [6.07, 6.45) is 6.79. The Balaban J connectivity index is 0.00000162. The summed E-state index contributed by atoms with van der Waals surface area (Å²) in [4.78, 5) is 24.3. The smallest absolute Gasteiger partial charge is 0.252 e. The maximum absolute atomic E-state index is 14.6. The van der Waals surface area contributed by atoms with E-state index < -0.39 is 5.82 Å². The highest BCUT2D eigenvalue weighted by atomic mass is 35.5. The average molecular weight is 527 g/mol. The fraction of sp³-hybridized carbons (Fsp3) is 0.458. The predicted molar refractivity (Wildman–Crippen MR) is 141 cm³/mol. The van der Waals surface area contributed by atoms with Crippen molar-refractivity contribution in [1.82, 2.24) is 20.2 Å². The second-order valence-electron chi connectivity index (χ2n) is 8.93. The minimum atomic E-state index is -0.457. The molecule has 10 heteroatoms. The topological polar surface area (TPSA) is 70.2 Å². The summed E-state index contributed by atoms with van der Waals surface area (Å²) >= 11 is 1.44. The quantitative estimate of drug-likeness (QED) is 0.433. The molecule has 1 aromatic carbocycles. The summed E-state index contributed by atoms with van der Waals surface area (Å²) in [5.41, 5.74) is 0.902. The van der Waals surface area contributed by atoms with E-state index in [4.69, 9.17) is 0 Å². The van der Waals surface area contributed by atoms with E-state index in [9.17, 15) is 9.18 Å². The van der Waals surface area contributed by atoms with Crippen LogP contribution in [0.15, 0.2) is 30.5 Å². The molecular formula is C24H30Cl2FN5OS. The summed E-state index contributed by atoms with van der Waals surface area (Å²) in [6.45, 7) is 3.07. The van der Waals surface area contributed by atoms with Crippen molar-refractivity contribution in [3.05, 3.63) is 41.8 Å². The number of carbonyl (C=O) groups excluding carboxylic acids is 1. The third-order valence-corrected chi connectivity index (χ3v) is 7.48. The van der Waals surface area contributed by atoms with Gasteiger partial charge in [0.05, 0.1) is 11.1 Å². The summed E-state index contributed by atoms with van der Waals surface area (Å²) in [7, 11) is 2.17. The highest BCUT2D eigenvalue weighted by Gasteiger charge is 2.25. The fourth-order valence-electron chi connectivity index (χ4n) is 4.23. The zero-order valence-corrected chi connectivity index (χ0v) is 21.5. The molecule has 2 N–H and O–H groups in total. The largest absolute Gasteiger partial charge is 0.354 e. The molecule has 3 heterocycles. The van der Waals surface area contributed by atoms with Gasteiger partial charge in [0.2, 0.25) is 5.95 Å². The number of thiophene rings is 1. The fourth-order valence-corrected chi connectivity index (χ4v) is 5.31. The molecule has 1 aliphatic heterocycles. The van der Waals surface area contributed by atoms with Gasteiger partial charge in [-0.15, -0.1) is 36.2 Å². The Hall–Kier alpha value is -2.00. The molecule has 1 amide bonds. The molecule has 0 bridgehead atoms. The van der Waals surface area contributed by atoms with Crippen LogP contribution in [0.2, 0.25) is 0 Å². The molecule has 6 nitrogen and oxygen atoms in total. The Morgan fingerprint density at radius 3 is 2.71 bits per heavy atom. The lowest BCUT2D eigenvalue weighted by molar-refractivity contribution is 0.0952. The Kier molecular flexibility index (Phi) is 9.09. The summed E-state index contributed by atoms with van der Waals surface area (Å²) in [5, 5.41) is 7.14. The van der Waals surface area contributed by atoms with Gasteiger partial charge in [-0.25, -0.2) is 14.4 Å². The monoisotopic (exact) mass is 525 g/mol. The van der Waals surface area contributed by atoms with E-state index in [2.05, 4.69) is 32.5 Å². The van der Waals surface area contributed by atoms with E-state index in [1.807, 2.05) is 24.3 Å². The van der Waals surface area contributed by atoms with E-state index in [1.165, 1.54) is 30.4 Å². The Morgan fingerprint density at radius 1 is 1.21 bits per heavy atom. The van der Waals surface area contributed by atoms with Crippen molar-refractivity contribution in [2.75, 3.05) is 32.0 Å². The van der Waals surface area contributed by atoms with Crippen LogP contribution in [0.25, 0.3) is 20.7 Å². The Labute approximate surface area is 215 Å². The van der Waals surface area contributed by atoms with Crippen LogP contribution in [0.5, 0.6) is 0 Å². The van der Waals surface area contributed by atoms with Crippen molar-refractivity contribution in [3.8, 4) is 10.6 Å². The third kappa shape index (κ3) is 6.16. The molecule has 0 spiro atoms. The van der Waals surface area contributed by atoms with Crippen molar-refractivity contribution in [2.24, 2.45) is 5.92 Å². The van der Waals surface area contributed by atoms with Crippen molar-refractivity contribution in [2.45, 2.75) is 38.1 Å². The van der Waals surface area contributed by atoms with Gasteiger partial charge < -0.3 is 15.5 Å². The molecule has 1 saturated carbocycles. The first kappa shape index (κ1) is 26.6. The van der Waals surface area contributed by atoms with Crippen LogP contribution >= 0.6 is 36.2 Å². The van der Waals surface area contributed by atoms with Crippen LogP contribution < -0.4 is 10.6 Å². The molecule has 5 rings (SSSR count). The number of likely N-dealkylation sites (tertiary alicyclic amines) is 1. The van der Waals surface area contributed by atoms with Gasteiger partial charge in [0.25, 0.3) is 5.91 Å². The highest BCUT2D eigenvalue weighted by Crippen LogP contribution is 2.36. The molecule has 0 radical (unpaired) electrons. The molecule has 34 heavy (non-hydrogen) atoms. The van der Waals surface area contributed by atoms with Crippen molar-refractivity contribution >= 4 is 58.1 Å². The van der Waals surface area contributed by atoms with E-state index >= 15 is 0 Å². The molecule has 0 atom stereocenters. The normalized spacial score (nSPS) is 16.5. The SMILES string of the molecule is CN1CCC(CCNc2ncc(F)c(-c3cc4c(C(=O)NC5CC5)cccc4s3)n2)CC1.Cl.Cl.